The van der Waals surface area contributed by atoms with Crippen LogP contribution in [0.2, 0.25) is 0 Å². The van der Waals surface area contributed by atoms with Crippen LogP contribution >= 0.6 is 0 Å². The Morgan fingerprint density at radius 3 is 2.82 bits per heavy atom. The minimum absolute atomic E-state index is 0.158. The molecule has 1 amide bonds. The van der Waals surface area contributed by atoms with Crippen molar-refractivity contribution in [1.82, 2.24) is 9.88 Å². The number of ether oxygens (including phenoxy) is 1. The van der Waals surface area contributed by atoms with E-state index in [2.05, 4.69) is 16.4 Å². The fourth-order valence-electron chi connectivity index (χ4n) is 3.45. The van der Waals surface area contributed by atoms with Crippen LogP contribution < -0.4 is 5.32 Å². The second kappa shape index (κ2) is 6.65. The molecule has 0 saturated carbocycles. The second-order valence-corrected chi connectivity index (χ2v) is 6.33. The monoisotopic (exact) mass is 303 g/mol. The quantitative estimate of drug-likeness (QED) is 0.930. The number of aromatic nitrogens is 1. The van der Waals surface area contributed by atoms with Gasteiger partial charge < -0.3 is 15.0 Å². The number of carbonyl (C=O) groups excluding carboxylic acids is 1. The lowest BCUT2D eigenvalue weighted by Gasteiger charge is -2.26. The van der Waals surface area contributed by atoms with Gasteiger partial charge in [-0.3, -0.25) is 9.78 Å². The van der Waals surface area contributed by atoms with Crippen LogP contribution in [0.5, 0.6) is 0 Å². The number of nitrogens with zero attached hydrogens (tertiary/aromatic N) is 2. The maximum absolute atomic E-state index is 12.6. The maximum atomic E-state index is 12.6. The summed E-state index contributed by atoms with van der Waals surface area (Å²) in [4.78, 5) is 19.3. The first-order valence-corrected chi connectivity index (χ1v) is 8.20. The molecule has 3 heterocycles. The summed E-state index contributed by atoms with van der Waals surface area (Å²) in [7, 11) is 1.92. The van der Waals surface area contributed by atoms with Crippen molar-refractivity contribution in [3.63, 3.8) is 0 Å². The summed E-state index contributed by atoms with van der Waals surface area (Å²) >= 11 is 0. The van der Waals surface area contributed by atoms with E-state index in [4.69, 9.17) is 4.74 Å². The van der Waals surface area contributed by atoms with Gasteiger partial charge in [-0.05, 0) is 38.3 Å². The van der Waals surface area contributed by atoms with Gasteiger partial charge in [-0.2, -0.15) is 0 Å². The highest BCUT2D eigenvalue weighted by Crippen LogP contribution is 2.30. The van der Waals surface area contributed by atoms with Crippen molar-refractivity contribution in [2.75, 3.05) is 38.7 Å². The highest BCUT2D eigenvalue weighted by atomic mass is 16.5. The molecule has 0 aromatic carbocycles. The molecule has 1 atom stereocenters. The first-order chi connectivity index (χ1) is 10.7. The molecule has 2 aliphatic rings. The summed E-state index contributed by atoms with van der Waals surface area (Å²) in [6.45, 7) is 5.11. The van der Waals surface area contributed by atoms with Crippen LogP contribution in [-0.4, -0.2) is 49.1 Å². The number of rotatable bonds is 3. The Morgan fingerprint density at radius 1 is 1.32 bits per heavy atom. The molecule has 0 spiro atoms. The van der Waals surface area contributed by atoms with E-state index < -0.39 is 0 Å². The van der Waals surface area contributed by atoms with Crippen molar-refractivity contribution in [3.05, 3.63) is 23.5 Å². The third kappa shape index (κ3) is 3.24. The van der Waals surface area contributed by atoms with Gasteiger partial charge in [0, 0.05) is 62.3 Å². The normalized spacial score (nSPS) is 22.8. The highest BCUT2D eigenvalue weighted by Gasteiger charge is 2.32. The second-order valence-electron chi connectivity index (χ2n) is 6.33. The molecule has 0 radical (unpaired) electrons. The average molecular weight is 303 g/mol. The van der Waals surface area contributed by atoms with Crippen molar-refractivity contribution in [1.29, 1.82) is 0 Å². The summed E-state index contributed by atoms with van der Waals surface area (Å²) in [6, 6.07) is 4.16. The molecular formula is C17H25N3O2. The van der Waals surface area contributed by atoms with Crippen LogP contribution in [0.25, 0.3) is 0 Å². The Kier molecular flexibility index (Phi) is 4.62. The van der Waals surface area contributed by atoms with Crippen LogP contribution in [-0.2, 0) is 9.53 Å². The van der Waals surface area contributed by atoms with Crippen molar-refractivity contribution in [2.45, 2.75) is 32.1 Å². The van der Waals surface area contributed by atoms with E-state index in [9.17, 15) is 4.79 Å². The minimum Gasteiger partial charge on any atom is -0.388 e. The van der Waals surface area contributed by atoms with Crippen LogP contribution in [0.3, 0.4) is 0 Å². The van der Waals surface area contributed by atoms with Crippen LogP contribution in [0.4, 0.5) is 5.69 Å². The zero-order valence-corrected chi connectivity index (χ0v) is 13.5. The number of pyridine rings is 1. The van der Waals surface area contributed by atoms with E-state index in [1.54, 1.807) is 0 Å². The largest absolute Gasteiger partial charge is 0.388 e. The third-order valence-electron chi connectivity index (χ3n) is 4.75. The lowest BCUT2D eigenvalue weighted by molar-refractivity contribution is -0.137. The Bertz CT molecular complexity index is 541. The van der Waals surface area contributed by atoms with Gasteiger partial charge in [-0.25, -0.2) is 0 Å². The molecule has 1 aromatic heterocycles. The molecule has 2 aliphatic heterocycles. The van der Waals surface area contributed by atoms with E-state index in [-0.39, 0.29) is 5.92 Å². The first-order valence-electron chi connectivity index (χ1n) is 8.20. The predicted octanol–water partition coefficient (Wildman–Crippen LogP) is 2.17. The summed E-state index contributed by atoms with van der Waals surface area (Å²) in [5.41, 5.74) is 3.22. The van der Waals surface area contributed by atoms with Crippen LogP contribution in [0, 0.1) is 12.8 Å². The van der Waals surface area contributed by atoms with Gasteiger partial charge >= 0.3 is 0 Å². The Labute approximate surface area is 132 Å². The number of aryl methyl sites for hydroxylation is 1. The van der Waals surface area contributed by atoms with Crippen molar-refractivity contribution < 1.29 is 9.53 Å². The van der Waals surface area contributed by atoms with E-state index >= 15 is 0 Å². The number of anilines is 1. The number of hydrogen-bond donors (Lipinski definition) is 1. The molecule has 3 rings (SSSR count). The minimum atomic E-state index is 0.158. The molecule has 1 unspecified atom stereocenters. The molecule has 0 bridgehead atoms. The highest BCUT2D eigenvalue weighted by molar-refractivity contribution is 5.79. The van der Waals surface area contributed by atoms with Crippen LogP contribution in [0.15, 0.2) is 12.1 Å². The van der Waals surface area contributed by atoms with E-state index in [0.29, 0.717) is 11.8 Å². The molecule has 1 aromatic rings. The molecule has 22 heavy (non-hydrogen) atoms. The Hall–Kier alpha value is -1.62. The summed E-state index contributed by atoms with van der Waals surface area (Å²) in [5, 5.41) is 3.18. The molecule has 120 valence electrons. The van der Waals surface area contributed by atoms with Gasteiger partial charge in [0.25, 0.3) is 0 Å². The number of nitrogens with one attached hydrogen (secondary N) is 1. The Balaban J connectivity index is 1.66. The zero-order chi connectivity index (χ0) is 15.5. The predicted molar refractivity (Wildman–Crippen MR) is 86.0 cm³/mol. The fourth-order valence-corrected chi connectivity index (χ4v) is 3.45. The standard InChI is InChI=1S/C17H25N3O2/c1-12-9-15(18-2)10-16(19-12)14-3-6-20(11-14)17(21)13-4-7-22-8-5-13/h9-10,13-14H,3-8,11H2,1-2H3,(H,18,19). The summed E-state index contributed by atoms with van der Waals surface area (Å²) in [5.74, 6) is 0.828. The molecule has 2 saturated heterocycles. The number of hydrogen-bond acceptors (Lipinski definition) is 4. The van der Waals surface area contributed by atoms with Gasteiger partial charge in [-0.15, -0.1) is 0 Å². The van der Waals surface area contributed by atoms with Crippen molar-refractivity contribution in [2.24, 2.45) is 5.92 Å². The average Bonchev–Trinajstić information content (AvgIpc) is 3.04. The van der Waals surface area contributed by atoms with Crippen molar-refractivity contribution >= 4 is 11.6 Å². The van der Waals surface area contributed by atoms with E-state index in [1.165, 1.54) is 0 Å². The molecule has 5 heteroatoms. The SMILES string of the molecule is CNc1cc(C)nc(C2CCN(C(=O)C3CCOCC3)C2)c1. The molecule has 1 N–H and O–H groups in total. The molecule has 0 aliphatic carbocycles. The van der Waals surface area contributed by atoms with Gasteiger partial charge in [-0.1, -0.05) is 0 Å². The van der Waals surface area contributed by atoms with Crippen LogP contribution in [0.1, 0.15) is 36.6 Å². The summed E-state index contributed by atoms with van der Waals surface area (Å²) < 4.78 is 5.35. The number of carbonyl (C=O) groups is 1. The summed E-state index contributed by atoms with van der Waals surface area (Å²) in [6.07, 6.45) is 2.74. The third-order valence-corrected chi connectivity index (χ3v) is 4.75. The van der Waals surface area contributed by atoms with Gasteiger partial charge in [0.2, 0.25) is 5.91 Å². The fraction of sp³-hybridized carbons (Fsp3) is 0.647. The number of amides is 1. The Morgan fingerprint density at radius 2 is 2.09 bits per heavy atom. The lowest BCUT2D eigenvalue weighted by atomic mass is 9.98. The van der Waals surface area contributed by atoms with Crippen molar-refractivity contribution in [3.8, 4) is 0 Å². The van der Waals surface area contributed by atoms with E-state index in [0.717, 1.165) is 62.6 Å². The van der Waals surface area contributed by atoms with Gasteiger partial charge in [0.15, 0.2) is 0 Å². The lowest BCUT2D eigenvalue weighted by Crippen LogP contribution is -2.37. The smallest absolute Gasteiger partial charge is 0.225 e. The van der Waals surface area contributed by atoms with Gasteiger partial charge in [0.1, 0.15) is 0 Å². The first kappa shape index (κ1) is 15.3. The van der Waals surface area contributed by atoms with E-state index in [1.807, 2.05) is 24.9 Å². The molecule has 2 fully saturated rings. The maximum Gasteiger partial charge on any atom is 0.225 e. The molecule has 5 nitrogen and oxygen atoms in total. The van der Waals surface area contributed by atoms with Gasteiger partial charge in [0.05, 0.1) is 0 Å². The molecular weight excluding hydrogens is 278 g/mol. The number of likely N-dealkylation sites (tertiary alicyclic amines) is 1. The zero-order valence-electron chi connectivity index (χ0n) is 13.5. The topological polar surface area (TPSA) is 54.5 Å².